The number of ether oxygens (including phenoxy) is 2. The molecule has 0 spiro atoms. The number of rotatable bonds is 6. The van der Waals surface area contributed by atoms with Crippen molar-refractivity contribution in [3.8, 4) is 11.5 Å². The van der Waals surface area contributed by atoms with Gasteiger partial charge in [0.15, 0.2) is 11.6 Å². The van der Waals surface area contributed by atoms with Gasteiger partial charge in [-0.3, -0.25) is 0 Å². The number of nitrogens with one attached hydrogen (secondary N) is 1. The molecule has 0 unspecified atom stereocenters. The highest BCUT2D eigenvalue weighted by atomic mass is 79.9. The highest BCUT2D eigenvalue weighted by Crippen LogP contribution is 2.32. The summed E-state index contributed by atoms with van der Waals surface area (Å²) in [6.45, 7) is 4.86. The van der Waals surface area contributed by atoms with E-state index in [1.54, 1.807) is 12.1 Å². The summed E-state index contributed by atoms with van der Waals surface area (Å²) >= 11 is 3.18. The van der Waals surface area contributed by atoms with Crippen LogP contribution in [0, 0.1) is 5.82 Å². The van der Waals surface area contributed by atoms with Crippen LogP contribution in [0.1, 0.15) is 13.8 Å². The van der Waals surface area contributed by atoms with Crippen molar-refractivity contribution in [2.24, 2.45) is 0 Å². The molecule has 6 heteroatoms. The summed E-state index contributed by atoms with van der Waals surface area (Å²) in [4.78, 5) is 4.02. The molecular weight excluding hydrogens is 339 g/mol. The first-order chi connectivity index (χ1) is 10.1. The van der Waals surface area contributed by atoms with Gasteiger partial charge in [0.25, 0.3) is 0 Å². The smallest absolute Gasteiger partial charge is 0.166 e. The van der Waals surface area contributed by atoms with E-state index in [0.717, 1.165) is 0 Å². The molecule has 0 aliphatic rings. The molecule has 4 nitrogen and oxygen atoms in total. The lowest BCUT2D eigenvalue weighted by molar-refractivity contribution is 0.332. The second-order valence-corrected chi connectivity index (χ2v) is 5.05. The Kier molecular flexibility index (Phi) is 5.38. The molecule has 0 atom stereocenters. The highest BCUT2D eigenvalue weighted by molar-refractivity contribution is 9.10. The van der Waals surface area contributed by atoms with Crippen LogP contribution in [0.15, 0.2) is 34.9 Å². The summed E-state index contributed by atoms with van der Waals surface area (Å²) in [5, 5.41) is 2.94. The minimum Gasteiger partial charge on any atom is -0.494 e. The Bertz CT molecular complexity index is 623. The van der Waals surface area contributed by atoms with Gasteiger partial charge in [-0.2, -0.15) is 0 Å². The van der Waals surface area contributed by atoms with Crippen LogP contribution in [-0.2, 0) is 0 Å². The van der Waals surface area contributed by atoms with Crippen molar-refractivity contribution >= 4 is 27.4 Å². The quantitative estimate of drug-likeness (QED) is 0.827. The maximum absolute atomic E-state index is 13.9. The van der Waals surface area contributed by atoms with Crippen molar-refractivity contribution in [1.82, 2.24) is 4.98 Å². The average molecular weight is 355 g/mol. The van der Waals surface area contributed by atoms with Gasteiger partial charge in [0, 0.05) is 16.7 Å². The van der Waals surface area contributed by atoms with Gasteiger partial charge in [0.2, 0.25) is 0 Å². The minimum atomic E-state index is -0.450. The van der Waals surface area contributed by atoms with Crippen LogP contribution in [0.3, 0.4) is 0 Å². The van der Waals surface area contributed by atoms with Gasteiger partial charge in [-0.1, -0.05) is 0 Å². The van der Waals surface area contributed by atoms with Crippen LogP contribution in [0.2, 0.25) is 0 Å². The molecule has 0 saturated heterocycles. The molecule has 0 fully saturated rings. The number of benzene rings is 1. The molecular formula is C15H16BrFN2O2. The van der Waals surface area contributed by atoms with Gasteiger partial charge in [0.05, 0.1) is 18.9 Å². The van der Waals surface area contributed by atoms with Crippen LogP contribution >= 0.6 is 15.9 Å². The first-order valence-electron chi connectivity index (χ1n) is 6.61. The maximum Gasteiger partial charge on any atom is 0.166 e. The fraction of sp³-hybridized carbons (Fsp3) is 0.267. The van der Waals surface area contributed by atoms with Crippen molar-refractivity contribution in [2.75, 3.05) is 18.5 Å². The van der Waals surface area contributed by atoms with E-state index >= 15 is 0 Å². The summed E-state index contributed by atoms with van der Waals surface area (Å²) in [5.74, 6) is 0.979. The number of nitrogens with zero attached hydrogens (tertiary/aromatic N) is 1. The van der Waals surface area contributed by atoms with Gasteiger partial charge < -0.3 is 14.8 Å². The van der Waals surface area contributed by atoms with Crippen LogP contribution in [0.25, 0.3) is 0 Å². The van der Waals surface area contributed by atoms with Crippen LogP contribution in [0.4, 0.5) is 15.9 Å². The Morgan fingerprint density at radius 3 is 2.62 bits per heavy atom. The van der Waals surface area contributed by atoms with Crippen molar-refractivity contribution in [3.05, 3.63) is 40.8 Å². The molecule has 0 aliphatic heterocycles. The number of hydrogen-bond donors (Lipinski definition) is 1. The average Bonchev–Trinajstić information content (AvgIpc) is 2.45. The zero-order valence-corrected chi connectivity index (χ0v) is 13.4. The van der Waals surface area contributed by atoms with Gasteiger partial charge in [-0.05, 0) is 48.0 Å². The van der Waals surface area contributed by atoms with E-state index in [1.807, 2.05) is 19.9 Å². The molecule has 1 aromatic carbocycles. The molecule has 0 radical (unpaired) electrons. The summed E-state index contributed by atoms with van der Waals surface area (Å²) in [5.41, 5.74) is 0.608. The third kappa shape index (κ3) is 4.07. The molecule has 21 heavy (non-hydrogen) atoms. The number of halogens is 2. The van der Waals surface area contributed by atoms with Gasteiger partial charge in [-0.25, -0.2) is 9.37 Å². The fourth-order valence-electron chi connectivity index (χ4n) is 1.78. The summed E-state index contributed by atoms with van der Waals surface area (Å²) in [6, 6.07) is 6.71. The normalized spacial score (nSPS) is 10.3. The lowest BCUT2D eigenvalue weighted by atomic mass is 10.2. The maximum atomic E-state index is 13.9. The van der Waals surface area contributed by atoms with E-state index in [1.165, 1.54) is 12.3 Å². The zero-order valence-electron chi connectivity index (χ0n) is 11.8. The SMILES string of the molecule is CCOc1ccc(OCC)c(Nc2ncc(Br)cc2F)c1. The standard InChI is InChI=1S/C15H16BrFN2O2/c1-3-20-11-5-6-14(21-4-2)13(8-11)19-15-12(17)7-10(16)9-18-15/h5-9H,3-4H2,1-2H3,(H,18,19). The van der Waals surface area contributed by atoms with E-state index in [-0.39, 0.29) is 5.82 Å². The van der Waals surface area contributed by atoms with E-state index in [2.05, 4.69) is 26.2 Å². The lowest BCUT2D eigenvalue weighted by Crippen LogP contribution is -2.02. The summed E-state index contributed by atoms with van der Waals surface area (Å²) in [7, 11) is 0. The number of pyridine rings is 1. The molecule has 0 amide bonds. The molecule has 0 saturated carbocycles. The fourth-order valence-corrected chi connectivity index (χ4v) is 2.08. The Hall–Kier alpha value is -1.82. The summed E-state index contributed by atoms with van der Waals surface area (Å²) in [6.07, 6.45) is 1.53. The molecule has 2 rings (SSSR count). The van der Waals surface area contributed by atoms with Gasteiger partial charge in [-0.15, -0.1) is 0 Å². The Morgan fingerprint density at radius 2 is 1.95 bits per heavy atom. The van der Waals surface area contributed by atoms with Crippen molar-refractivity contribution in [1.29, 1.82) is 0 Å². The minimum absolute atomic E-state index is 0.132. The van der Waals surface area contributed by atoms with E-state index < -0.39 is 5.82 Å². The largest absolute Gasteiger partial charge is 0.494 e. The Labute approximate surface area is 131 Å². The summed E-state index contributed by atoms with van der Waals surface area (Å²) < 4.78 is 25.4. The third-order valence-corrected chi connectivity index (χ3v) is 3.06. The lowest BCUT2D eigenvalue weighted by Gasteiger charge is -2.14. The van der Waals surface area contributed by atoms with Gasteiger partial charge in [0.1, 0.15) is 11.5 Å². The molecule has 1 aromatic heterocycles. The zero-order chi connectivity index (χ0) is 15.2. The first kappa shape index (κ1) is 15.6. The van der Waals surface area contributed by atoms with Crippen LogP contribution in [-0.4, -0.2) is 18.2 Å². The molecule has 112 valence electrons. The molecule has 0 aliphatic carbocycles. The van der Waals surface area contributed by atoms with Crippen LogP contribution < -0.4 is 14.8 Å². The predicted octanol–water partition coefficient (Wildman–Crippen LogP) is 4.52. The Morgan fingerprint density at radius 1 is 1.19 bits per heavy atom. The topological polar surface area (TPSA) is 43.4 Å². The molecule has 1 N–H and O–H groups in total. The number of anilines is 2. The first-order valence-corrected chi connectivity index (χ1v) is 7.41. The van der Waals surface area contributed by atoms with E-state index in [4.69, 9.17) is 9.47 Å². The Balaban J connectivity index is 2.33. The second kappa shape index (κ2) is 7.26. The van der Waals surface area contributed by atoms with Crippen molar-refractivity contribution < 1.29 is 13.9 Å². The van der Waals surface area contributed by atoms with Crippen molar-refractivity contribution in [2.45, 2.75) is 13.8 Å². The highest BCUT2D eigenvalue weighted by Gasteiger charge is 2.10. The molecule has 0 bridgehead atoms. The van der Waals surface area contributed by atoms with Gasteiger partial charge >= 0.3 is 0 Å². The predicted molar refractivity (Wildman–Crippen MR) is 84.0 cm³/mol. The molecule has 2 aromatic rings. The van der Waals surface area contributed by atoms with Crippen molar-refractivity contribution in [3.63, 3.8) is 0 Å². The van der Waals surface area contributed by atoms with E-state index in [9.17, 15) is 4.39 Å². The second-order valence-electron chi connectivity index (χ2n) is 4.13. The third-order valence-electron chi connectivity index (χ3n) is 2.62. The number of aromatic nitrogens is 1. The van der Waals surface area contributed by atoms with Crippen LogP contribution in [0.5, 0.6) is 11.5 Å². The van der Waals surface area contributed by atoms with E-state index in [0.29, 0.717) is 34.9 Å². The molecule has 1 heterocycles. The number of hydrogen-bond acceptors (Lipinski definition) is 4. The monoisotopic (exact) mass is 354 g/mol.